The van der Waals surface area contributed by atoms with Gasteiger partial charge in [0.1, 0.15) is 0 Å². The molecule has 82 valence electrons. The molecular weight excluding hydrogens is 218 g/mol. The van der Waals surface area contributed by atoms with Crippen LogP contribution in [0.2, 0.25) is 5.02 Å². The molecule has 0 aliphatic carbocycles. The number of aryl methyl sites for hydroxylation is 2. The minimum Gasteiger partial charge on any atom is -0.398 e. The lowest BCUT2D eigenvalue weighted by Gasteiger charge is -2.04. The van der Waals surface area contributed by atoms with Crippen LogP contribution in [-0.2, 0) is 12.8 Å². The van der Waals surface area contributed by atoms with Crippen molar-refractivity contribution >= 4 is 17.3 Å². The van der Waals surface area contributed by atoms with E-state index in [1.54, 1.807) is 0 Å². The smallest absolute Gasteiger partial charge is 0.0635 e. The molecule has 0 bridgehead atoms. The number of hydrogen-bond donors (Lipinski definition) is 1. The van der Waals surface area contributed by atoms with Gasteiger partial charge >= 0.3 is 0 Å². The Morgan fingerprint density at radius 1 is 0.875 bits per heavy atom. The molecule has 0 fully saturated rings. The first kappa shape index (κ1) is 11.0. The van der Waals surface area contributed by atoms with Crippen LogP contribution in [0.3, 0.4) is 0 Å². The Kier molecular flexibility index (Phi) is 3.47. The third-order valence-corrected chi connectivity index (χ3v) is 2.95. The van der Waals surface area contributed by atoms with Crippen molar-refractivity contribution in [2.24, 2.45) is 0 Å². The molecule has 0 aromatic heterocycles. The van der Waals surface area contributed by atoms with Gasteiger partial charge in [-0.1, -0.05) is 48.0 Å². The number of rotatable bonds is 3. The number of halogens is 1. The first-order valence-electron chi connectivity index (χ1n) is 5.33. The highest BCUT2D eigenvalue weighted by molar-refractivity contribution is 6.33. The van der Waals surface area contributed by atoms with Crippen LogP contribution in [0, 0.1) is 0 Å². The summed E-state index contributed by atoms with van der Waals surface area (Å²) < 4.78 is 0. The highest BCUT2D eigenvalue weighted by Gasteiger charge is 1.99. The van der Waals surface area contributed by atoms with Crippen molar-refractivity contribution in [1.29, 1.82) is 0 Å². The summed E-state index contributed by atoms with van der Waals surface area (Å²) in [6.45, 7) is 0. The van der Waals surface area contributed by atoms with Gasteiger partial charge in [0, 0.05) is 0 Å². The second-order valence-electron chi connectivity index (χ2n) is 3.84. The molecule has 0 spiro atoms. The van der Waals surface area contributed by atoms with Crippen molar-refractivity contribution in [3.8, 4) is 0 Å². The van der Waals surface area contributed by atoms with Crippen molar-refractivity contribution in [2.45, 2.75) is 12.8 Å². The van der Waals surface area contributed by atoms with Crippen LogP contribution in [0.25, 0.3) is 0 Å². The quantitative estimate of drug-likeness (QED) is 0.801. The fourth-order valence-electron chi connectivity index (χ4n) is 1.68. The van der Waals surface area contributed by atoms with Gasteiger partial charge in [-0.05, 0) is 36.1 Å². The van der Waals surface area contributed by atoms with E-state index in [4.69, 9.17) is 17.3 Å². The molecule has 0 saturated heterocycles. The lowest BCUT2D eigenvalue weighted by molar-refractivity contribution is 0.961. The van der Waals surface area contributed by atoms with Crippen molar-refractivity contribution in [1.82, 2.24) is 0 Å². The summed E-state index contributed by atoms with van der Waals surface area (Å²) in [5.41, 5.74) is 8.99. The Bertz CT molecular complexity index is 465. The van der Waals surface area contributed by atoms with E-state index in [0.29, 0.717) is 10.7 Å². The molecule has 0 aliphatic rings. The summed E-state index contributed by atoms with van der Waals surface area (Å²) in [6, 6.07) is 16.3. The number of hydrogen-bond acceptors (Lipinski definition) is 1. The average Bonchev–Trinajstić information content (AvgIpc) is 2.32. The zero-order valence-corrected chi connectivity index (χ0v) is 9.74. The van der Waals surface area contributed by atoms with Crippen LogP contribution >= 0.6 is 11.6 Å². The summed E-state index contributed by atoms with van der Waals surface area (Å²) in [6.07, 6.45) is 2.02. The fraction of sp³-hybridized carbons (Fsp3) is 0.143. The molecule has 0 unspecified atom stereocenters. The van der Waals surface area contributed by atoms with Gasteiger partial charge in [-0.2, -0.15) is 0 Å². The van der Waals surface area contributed by atoms with Crippen molar-refractivity contribution < 1.29 is 0 Å². The maximum atomic E-state index is 5.87. The van der Waals surface area contributed by atoms with E-state index >= 15 is 0 Å². The molecular formula is C14H14ClN. The molecule has 2 aromatic carbocycles. The third-order valence-electron chi connectivity index (χ3n) is 2.61. The largest absolute Gasteiger partial charge is 0.398 e. The number of nitrogen functional groups attached to an aromatic ring is 1. The zero-order valence-electron chi connectivity index (χ0n) is 8.99. The van der Waals surface area contributed by atoms with E-state index in [2.05, 4.69) is 24.3 Å². The summed E-state index contributed by atoms with van der Waals surface area (Å²) in [4.78, 5) is 0. The Labute approximate surface area is 101 Å². The summed E-state index contributed by atoms with van der Waals surface area (Å²) in [5.74, 6) is 0. The van der Waals surface area contributed by atoms with Crippen molar-refractivity contribution in [3.63, 3.8) is 0 Å². The van der Waals surface area contributed by atoms with E-state index < -0.39 is 0 Å². The zero-order chi connectivity index (χ0) is 11.4. The molecule has 2 N–H and O–H groups in total. The molecule has 0 aliphatic heterocycles. The molecule has 0 amide bonds. The average molecular weight is 232 g/mol. The minimum absolute atomic E-state index is 0.628. The van der Waals surface area contributed by atoms with E-state index in [9.17, 15) is 0 Å². The Morgan fingerprint density at radius 2 is 1.56 bits per heavy atom. The van der Waals surface area contributed by atoms with Gasteiger partial charge in [0.2, 0.25) is 0 Å². The van der Waals surface area contributed by atoms with Gasteiger partial charge in [0.25, 0.3) is 0 Å². The Balaban J connectivity index is 2.03. The van der Waals surface area contributed by atoms with Gasteiger partial charge in [0.15, 0.2) is 0 Å². The highest BCUT2D eigenvalue weighted by atomic mass is 35.5. The molecule has 0 radical (unpaired) electrons. The predicted molar refractivity (Wildman–Crippen MR) is 69.7 cm³/mol. The molecule has 0 atom stereocenters. The predicted octanol–water partition coefficient (Wildman–Crippen LogP) is 3.71. The second-order valence-corrected chi connectivity index (χ2v) is 4.25. The van der Waals surface area contributed by atoms with Crippen LogP contribution in [0.5, 0.6) is 0 Å². The number of nitrogens with two attached hydrogens (primary N) is 1. The maximum Gasteiger partial charge on any atom is 0.0635 e. The first-order chi connectivity index (χ1) is 7.75. The van der Waals surface area contributed by atoms with Gasteiger partial charge in [-0.25, -0.2) is 0 Å². The molecule has 16 heavy (non-hydrogen) atoms. The highest BCUT2D eigenvalue weighted by Crippen LogP contribution is 2.20. The van der Waals surface area contributed by atoms with Crippen LogP contribution in [0.15, 0.2) is 48.5 Å². The van der Waals surface area contributed by atoms with Crippen LogP contribution < -0.4 is 5.73 Å². The standard InChI is InChI=1S/C14H14ClN/c15-13-9-8-12(10-14(13)16)7-6-11-4-2-1-3-5-11/h1-5,8-10H,6-7,16H2. The fourth-order valence-corrected chi connectivity index (χ4v) is 1.80. The topological polar surface area (TPSA) is 26.0 Å². The van der Waals surface area contributed by atoms with E-state index in [-0.39, 0.29) is 0 Å². The molecule has 1 nitrogen and oxygen atoms in total. The van der Waals surface area contributed by atoms with Gasteiger partial charge in [-0.15, -0.1) is 0 Å². The summed E-state index contributed by atoms with van der Waals surface area (Å²) >= 11 is 5.87. The van der Waals surface area contributed by atoms with Crippen molar-refractivity contribution in [2.75, 3.05) is 5.73 Å². The molecule has 0 saturated carbocycles. The van der Waals surface area contributed by atoms with Gasteiger partial charge in [-0.3, -0.25) is 0 Å². The van der Waals surface area contributed by atoms with Gasteiger partial charge in [0.05, 0.1) is 10.7 Å². The number of anilines is 1. The molecule has 2 heteroatoms. The van der Waals surface area contributed by atoms with E-state index in [1.807, 2.05) is 24.3 Å². The van der Waals surface area contributed by atoms with Gasteiger partial charge < -0.3 is 5.73 Å². The van der Waals surface area contributed by atoms with Crippen LogP contribution in [0.4, 0.5) is 5.69 Å². The minimum atomic E-state index is 0.628. The first-order valence-corrected chi connectivity index (χ1v) is 5.71. The maximum absolute atomic E-state index is 5.87. The second kappa shape index (κ2) is 5.04. The lowest BCUT2D eigenvalue weighted by atomic mass is 10.0. The van der Waals surface area contributed by atoms with Crippen LogP contribution in [0.1, 0.15) is 11.1 Å². The summed E-state index contributed by atoms with van der Waals surface area (Å²) in [5, 5.41) is 0.628. The Hall–Kier alpha value is -1.47. The number of benzene rings is 2. The van der Waals surface area contributed by atoms with Crippen LogP contribution in [-0.4, -0.2) is 0 Å². The summed E-state index contributed by atoms with van der Waals surface area (Å²) in [7, 11) is 0. The van der Waals surface area contributed by atoms with E-state index in [1.165, 1.54) is 11.1 Å². The monoisotopic (exact) mass is 231 g/mol. The van der Waals surface area contributed by atoms with Crippen molar-refractivity contribution in [3.05, 3.63) is 64.7 Å². The van der Waals surface area contributed by atoms with E-state index in [0.717, 1.165) is 12.8 Å². The molecule has 2 aromatic rings. The molecule has 2 rings (SSSR count). The SMILES string of the molecule is Nc1cc(CCc2ccccc2)ccc1Cl. The lowest BCUT2D eigenvalue weighted by Crippen LogP contribution is -1.93. The third kappa shape index (κ3) is 2.77. The molecule has 0 heterocycles. The Morgan fingerprint density at radius 3 is 2.25 bits per heavy atom. The normalized spacial score (nSPS) is 10.3.